The number of hydrogen-bond donors (Lipinski definition) is 3. The molecule has 1 heterocycles. The summed E-state index contributed by atoms with van der Waals surface area (Å²) < 4.78 is 5.55. The molecule has 7 heteroatoms. The Morgan fingerprint density at radius 1 is 1.10 bits per heavy atom. The zero-order valence-electron chi connectivity index (χ0n) is 13.4. The summed E-state index contributed by atoms with van der Waals surface area (Å²) in [7, 11) is 0. The molecule has 21 heavy (non-hydrogen) atoms. The Kier molecular flexibility index (Phi) is 7.74. The van der Waals surface area contributed by atoms with Crippen molar-refractivity contribution in [1.29, 1.82) is 0 Å². The first kappa shape index (κ1) is 17.4. The third kappa shape index (κ3) is 7.08. The number of anilines is 2. The van der Waals surface area contributed by atoms with Gasteiger partial charge in [0, 0.05) is 19.7 Å². The molecule has 3 N–H and O–H groups in total. The molecule has 1 atom stereocenters. The number of ether oxygens (including phenoxy) is 1. The summed E-state index contributed by atoms with van der Waals surface area (Å²) >= 11 is 0. The van der Waals surface area contributed by atoms with Crippen LogP contribution in [-0.4, -0.2) is 45.9 Å². The zero-order chi connectivity index (χ0) is 15.7. The molecular formula is C14H27N5O2. The molecule has 0 bridgehead atoms. The number of nitrogens with one attached hydrogen (secondary N) is 2. The lowest BCUT2D eigenvalue weighted by Crippen LogP contribution is -2.17. The molecule has 0 amide bonds. The molecule has 1 rings (SSSR count). The highest BCUT2D eigenvalue weighted by Gasteiger charge is 2.10. The molecule has 1 aromatic rings. The van der Waals surface area contributed by atoms with Gasteiger partial charge in [-0.3, -0.25) is 0 Å². The van der Waals surface area contributed by atoms with Gasteiger partial charge in [0.1, 0.15) is 0 Å². The number of nitrogens with zero attached hydrogens (tertiary/aromatic N) is 3. The quantitative estimate of drug-likeness (QED) is 0.607. The lowest BCUT2D eigenvalue weighted by atomic mass is 10.1. The van der Waals surface area contributed by atoms with E-state index < -0.39 is 0 Å². The van der Waals surface area contributed by atoms with Crippen molar-refractivity contribution in [2.75, 3.05) is 30.3 Å². The minimum Gasteiger partial charge on any atom is -0.461 e. The van der Waals surface area contributed by atoms with Gasteiger partial charge in [-0.2, -0.15) is 15.0 Å². The van der Waals surface area contributed by atoms with E-state index in [1.165, 1.54) is 0 Å². The molecule has 120 valence electrons. The van der Waals surface area contributed by atoms with E-state index >= 15 is 0 Å². The topological polar surface area (TPSA) is 92.2 Å². The Balaban J connectivity index is 2.75. The second kappa shape index (κ2) is 9.33. The standard InChI is InChI=1S/C14H27N5O2/c1-5-7-15-12-17-13(16-9-11(4)6-8-20)19-14(18-12)21-10(2)3/h10-11,20H,5-9H2,1-4H3,(H2,15,16,17,18,19). The van der Waals surface area contributed by atoms with Gasteiger partial charge in [0.05, 0.1) is 6.10 Å². The van der Waals surface area contributed by atoms with E-state index in [9.17, 15) is 0 Å². The highest BCUT2D eigenvalue weighted by molar-refractivity contribution is 5.35. The highest BCUT2D eigenvalue weighted by Crippen LogP contribution is 2.13. The number of hydrogen-bond acceptors (Lipinski definition) is 7. The van der Waals surface area contributed by atoms with Crippen LogP contribution in [0.1, 0.15) is 40.5 Å². The average Bonchev–Trinajstić information content (AvgIpc) is 2.42. The fourth-order valence-electron chi connectivity index (χ4n) is 1.60. The molecule has 0 aliphatic rings. The molecule has 1 aromatic heterocycles. The predicted octanol–water partition coefficient (Wildman–Crippen LogP) is 1.91. The van der Waals surface area contributed by atoms with Gasteiger partial charge in [-0.15, -0.1) is 0 Å². The Morgan fingerprint density at radius 3 is 2.33 bits per heavy atom. The lowest BCUT2D eigenvalue weighted by molar-refractivity contribution is 0.222. The van der Waals surface area contributed by atoms with E-state index in [1.54, 1.807) is 0 Å². The van der Waals surface area contributed by atoms with Gasteiger partial charge >= 0.3 is 6.01 Å². The maximum atomic E-state index is 8.92. The first-order valence-electron chi connectivity index (χ1n) is 7.56. The summed E-state index contributed by atoms with van der Waals surface area (Å²) in [5.41, 5.74) is 0. The molecular weight excluding hydrogens is 270 g/mol. The van der Waals surface area contributed by atoms with Crippen molar-refractivity contribution in [2.45, 2.75) is 46.6 Å². The average molecular weight is 297 g/mol. The second-order valence-corrected chi connectivity index (χ2v) is 5.36. The van der Waals surface area contributed by atoms with E-state index in [1.807, 2.05) is 13.8 Å². The molecule has 7 nitrogen and oxygen atoms in total. The second-order valence-electron chi connectivity index (χ2n) is 5.36. The summed E-state index contributed by atoms with van der Waals surface area (Å²) in [5.74, 6) is 1.34. The van der Waals surface area contributed by atoms with Crippen molar-refractivity contribution in [3.63, 3.8) is 0 Å². The summed E-state index contributed by atoms with van der Waals surface area (Å²) in [6, 6.07) is 0.316. The van der Waals surface area contributed by atoms with Gasteiger partial charge in [0.25, 0.3) is 0 Å². The lowest BCUT2D eigenvalue weighted by Gasteiger charge is -2.14. The first-order chi connectivity index (χ1) is 10.0. The number of aromatic nitrogens is 3. The van der Waals surface area contributed by atoms with Crippen molar-refractivity contribution in [1.82, 2.24) is 15.0 Å². The Morgan fingerprint density at radius 2 is 1.76 bits per heavy atom. The van der Waals surface area contributed by atoms with Crippen LogP contribution in [0.15, 0.2) is 0 Å². The Hall–Kier alpha value is -1.63. The van der Waals surface area contributed by atoms with E-state index in [-0.39, 0.29) is 12.7 Å². The molecule has 0 saturated carbocycles. The molecule has 0 aliphatic heterocycles. The minimum atomic E-state index is 0.00703. The third-order valence-electron chi connectivity index (χ3n) is 2.72. The largest absolute Gasteiger partial charge is 0.461 e. The fourth-order valence-corrected chi connectivity index (χ4v) is 1.60. The first-order valence-corrected chi connectivity index (χ1v) is 7.56. The molecule has 0 aromatic carbocycles. The fraction of sp³-hybridized carbons (Fsp3) is 0.786. The third-order valence-corrected chi connectivity index (χ3v) is 2.72. The van der Waals surface area contributed by atoms with Crippen molar-refractivity contribution in [3.05, 3.63) is 0 Å². The van der Waals surface area contributed by atoms with Gasteiger partial charge in [-0.25, -0.2) is 0 Å². The smallest absolute Gasteiger partial charge is 0.323 e. The monoisotopic (exact) mass is 297 g/mol. The number of rotatable bonds is 10. The van der Waals surface area contributed by atoms with Gasteiger partial charge in [0.15, 0.2) is 0 Å². The predicted molar refractivity (Wildman–Crippen MR) is 83.7 cm³/mol. The highest BCUT2D eigenvalue weighted by atomic mass is 16.5. The van der Waals surface area contributed by atoms with Gasteiger partial charge in [-0.1, -0.05) is 13.8 Å². The summed E-state index contributed by atoms with van der Waals surface area (Å²) in [6.07, 6.45) is 1.74. The van der Waals surface area contributed by atoms with Crippen LogP contribution in [0.5, 0.6) is 6.01 Å². The van der Waals surface area contributed by atoms with Crippen LogP contribution in [0.25, 0.3) is 0 Å². The van der Waals surface area contributed by atoms with E-state index in [0.29, 0.717) is 30.4 Å². The molecule has 0 saturated heterocycles. The van der Waals surface area contributed by atoms with Gasteiger partial charge in [0.2, 0.25) is 11.9 Å². The molecule has 0 spiro atoms. The maximum Gasteiger partial charge on any atom is 0.323 e. The van der Waals surface area contributed by atoms with E-state index in [4.69, 9.17) is 9.84 Å². The van der Waals surface area contributed by atoms with Gasteiger partial charge in [-0.05, 0) is 32.6 Å². The van der Waals surface area contributed by atoms with Crippen molar-refractivity contribution >= 4 is 11.9 Å². The summed E-state index contributed by atoms with van der Waals surface area (Å²) in [5, 5.41) is 15.2. The van der Waals surface area contributed by atoms with Crippen LogP contribution in [0.2, 0.25) is 0 Å². The molecule has 1 unspecified atom stereocenters. The van der Waals surface area contributed by atoms with Crippen molar-refractivity contribution in [2.24, 2.45) is 5.92 Å². The SMILES string of the molecule is CCCNc1nc(NCC(C)CCO)nc(OC(C)C)n1. The molecule has 0 aliphatic carbocycles. The van der Waals surface area contributed by atoms with Crippen LogP contribution in [0.4, 0.5) is 11.9 Å². The summed E-state index contributed by atoms with van der Waals surface area (Å²) in [6.45, 7) is 9.68. The van der Waals surface area contributed by atoms with Crippen molar-refractivity contribution < 1.29 is 9.84 Å². The Bertz CT molecular complexity index is 414. The molecule has 0 fully saturated rings. The van der Waals surface area contributed by atoms with E-state index in [0.717, 1.165) is 19.4 Å². The maximum absolute atomic E-state index is 8.92. The summed E-state index contributed by atoms with van der Waals surface area (Å²) in [4.78, 5) is 12.8. The van der Waals surface area contributed by atoms with Crippen LogP contribution < -0.4 is 15.4 Å². The van der Waals surface area contributed by atoms with Crippen molar-refractivity contribution in [3.8, 4) is 6.01 Å². The van der Waals surface area contributed by atoms with Crippen LogP contribution >= 0.6 is 0 Å². The van der Waals surface area contributed by atoms with E-state index in [2.05, 4.69) is 39.4 Å². The zero-order valence-corrected chi connectivity index (χ0v) is 13.4. The van der Waals surface area contributed by atoms with Gasteiger partial charge < -0.3 is 20.5 Å². The number of aliphatic hydroxyl groups is 1. The number of aliphatic hydroxyl groups excluding tert-OH is 1. The van der Waals surface area contributed by atoms with Crippen LogP contribution in [0, 0.1) is 5.92 Å². The Labute approximate surface area is 126 Å². The van der Waals surface area contributed by atoms with Crippen LogP contribution in [-0.2, 0) is 0 Å². The minimum absolute atomic E-state index is 0.00703. The normalized spacial score (nSPS) is 12.3. The van der Waals surface area contributed by atoms with Crippen LogP contribution in [0.3, 0.4) is 0 Å². The molecule has 0 radical (unpaired) electrons.